The van der Waals surface area contributed by atoms with Crippen LogP contribution in [0.3, 0.4) is 0 Å². The lowest BCUT2D eigenvalue weighted by Crippen LogP contribution is -2.52. The first-order chi connectivity index (χ1) is 17.8. The largest absolute Gasteiger partial charge is 0.507 e. The van der Waals surface area contributed by atoms with E-state index in [1.54, 1.807) is 41.3 Å². The predicted octanol–water partition coefficient (Wildman–Crippen LogP) is 3.93. The van der Waals surface area contributed by atoms with Gasteiger partial charge in [0, 0.05) is 31.3 Å². The zero-order chi connectivity index (χ0) is 26.7. The van der Waals surface area contributed by atoms with Crippen LogP contribution in [0.1, 0.15) is 36.5 Å². The summed E-state index contributed by atoms with van der Waals surface area (Å²) in [7, 11) is 1.49. The van der Waals surface area contributed by atoms with Crippen LogP contribution in [-0.2, 0) is 24.7 Å². The van der Waals surface area contributed by atoms with Gasteiger partial charge in [0.1, 0.15) is 18.1 Å². The molecule has 0 radical (unpaired) electrons. The van der Waals surface area contributed by atoms with Crippen molar-refractivity contribution in [2.75, 3.05) is 38.3 Å². The Kier molecular flexibility index (Phi) is 7.50. The zero-order valence-corrected chi connectivity index (χ0v) is 21.5. The van der Waals surface area contributed by atoms with Gasteiger partial charge in [-0.15, -0.1) is 0 Å². The summed E-state index contributed by atoms with van der Waals surface area (Å²) in [6.07, 6.45) is 3.23. The number of aliphatic hydroxyl groups excluding tert-OH is 1. The summed E-state index contributed by atoms with van der Waals surface area (Å²) in [5.74, 6) is -1.99. The Bertz CT molecular complexity index is 1280. The second kappa shape index (κ2) is 10.6. The molecule has 8 heteroatoms. The summed E-state index contributed by atoms with van der Waals surface area (Å²) in [5, 5.41) is 11.6. The first-order valence-corrected chi connectivity index (χ1v) is 12.4. The smallest absolute Gasteiger partial charge is 0.296 e. The Labute approximate surface area is 216 Å². The maximum atomic E-state index is 14.3. The number of benzene rings is 2. The van der Waals surface area contributed by atoms with E-state index in [0.29, 0.717) is 35.7 Å². The van der Waals surface area contributed by atoms with Crippen LogP contribution >= 0.6 is 0 Å². The second-order valence-corrected chi connectivity index (χ2v) is 9.12. The molecular formula is C29H32N2O6. The topological polar surface area (TPSA) is 96.4 Å². The summed E-state index contributed by atoms with van der Waals surface area (Å²) in [6.45, 7) is 8.35. The van der Waals surface area contributed by atoms with E-state index in [1.807, 2.05) is 26.0 Å². The maximum Gasteiger partial charge on any atom is 0.296 e. The van der Waals surface area contributed by atoms with Gasteiger partial charge in [-0.05, 0) is 43.2 Å². The lowest BCUT2D eigenvalue weighted by Gasteiger charge is -2.34. The highest BCUT2D eigenvalue weighted by molar-refractivity contribution is 6.50. The van der Waals surface area contributed by atoms with Crippen molar-refractivity contribution >= 4 is 29.0 Å². The van der Waals surface area contributed by atoms with Crippen molar-refractivity contribution in [2.24, 2.45) is 0 Å². The third kappa shape index (κ3) is 4.11. The molecule has 1 fully saturated rings. The molecule has 0 aliphatic carbocycles. The minimum Gasteiger partial charge on any atom is -0.507 e. The van der Waals surface area contributed by atoms with E-state index >= 15 is 0 Å². The summed E-state index contributed by atoms with van der Waals surface area (Å²) < 4.78 is 10.9. The van der Waals surface area contributed by atoms with Crippen LogP contribution in [0.4, 0.5) is 5.69 Å². The molecule has 2 aromatic rings. The van der Waals surface area contributed by atoms with Crippen LogP contribution in [0.2, 0.25) is 0 Å². The van der Waals surface area contributed by atoms with Gasteiger partial charge in [-0.25, -0.2) is 0 Å². The highest BCUT2D eigenvalue weighted by Gasteiger charge is 2.66. The average molecular weight is 505 g/mol. The van der Waals surface area contributed by atoms with Crippen molar-refractivity contribution in [3.8, 4) is 5.75 Å². The van der Waals surface area contributed by atoms with Crippen LogP contribution in [0.25, 0.3) is 5.76 Å². The van der Waals surface area contributed by atoms with E-state index in [9.17, 15) is 19.5 Å². The van der Waals surface area contributed by atoms with E-state index in [4.69, 9.17) is 9.47 Å². The van der Waals surface area contributed by atoms with Crippen LogP contribution in [-0.4, -0.2) is 61.0 Å². The van der Waals surface area contributed by atoms with Gasteiger partial charge in [0.15, 0.2) is 5.54 Å². The highest BCUT2D eigenvalue weighted by atomic mass is 16.5. The number of ketones is 1. The molecule has 1 atom stereocenters. The zero-order valence-electron chi connectivity index (χ0n) is 21.5. The Hall–Kier alpha value is -3.91. The third-order valence-electron chi connectivity index (χ3n) is 6.87. The fourth-order valence-electron chi connectivity index (χ4n) is 5.14. The average Bonchev–Trinajstić information content (AvgIpc) is 3.27. The molecule has 1 spiro atoms. The molecule has 1 unspecified atom stereocenters. The molecule has 2 aliphatic heterocycles. The molecule has 0 saturated carbocycles. The van der Waals surface area contributed by atoms with Crippen LogP contribution < -0.4 is 9.64 Å². The number of methoxy groups -OCH3 is 1. The van der Waals surface area contributed by atoms with Gasteiger partial charge < -0.3 is 24.4 Å². The standard InChI is InChI=1S/C29H32N2O6/c1-5-7-14-30-22-11-9-8-10-21(22)29(28(30)35)24(26(33)27(34)31(29)15-17-36-4)25(32)20-12-13-23(19(3)18-20)37-16-6-2/h6,8-13,18,32H,2,5,7,14-17H2,1,3-4H3. The van der Waals surface area contributed by atoms with Crippen molar-refractivity contribution in [3.63, 3.8) is 0 Å². The summed E-state index contributed by atoms with van der Waals surface area (Å²) in [5.41, 5.74) is 0.133. The molecule has 2 aliphatic rings. The number of nitrogens with zero attached hydrogens (tertiary/aromatic N) is 2. The van der Waals surface area contributed by atoms with Gasteiger partial charge in [0.2, 0.25) is 0 Å². The van der Waals surface area contributed by atoms with E-state index in [-0.39, 0.29) is 18.7 Å². The van der Waals surface area contributed by atoms with E-state index in [2.05, 4.69) is 6.58 Å². The molecule has 1 saturated heterocycles. The number of fused-ring (bicyclic) bond motifs is 2. The lowest BCUT2D eigenvalue weighted by atomic mass is 9.81. The van der Waals surface area contributed by atoms with Gasteiger partial charge in [-0.1, -0.05) is 44.2 Å². The molecule has 2 amide bonds. The second-order valence-electron chi connectivity index (χ2n) is 9.12. The molecule has 0 bridgehead atoms. The number of carbonyl (C=O) groups is 3. The SMILES string of the molecule is C=CCOc1ccc(C(O)=C2C(=O)C(=O)N(CCOC)C23C(=O)N(CCCC)c2ccccc23)cc1C. The Morgan fingerprint density at radius 3 is 2.57 bits per heavy atom. The molecule has 2 heterocycles. The van der Waals surface area contributed by atoms with E-state index in [1.165, 1.54) is 12.0 Å². The third-order valence-corrected chi connectivity index (χ3v) is 6.87. The van der Waals surface area contributed by atoms with E-state index in [0.717, 1.165) is 18.4 Å². The van der Waals surface area contributed by atoms with Crippen molar-refractivity contribution in [2.45, 2.75) is 32.2 Å². The normalized spacial score (nSPS) is 20.1. The first kappa shape index (κ1) is 26.2. The number of aliphatic hydroxyl groups is 1. The molecule has 194 valence electrons. The van der Waals surface area contributed by atoms with Gasteiger partial charge in [-0.3, -0.25) is 14.4 Å². The number of unbranched alkanes of at least 4 members (excludes halogenated alkanes) is 1. The molecule has 1 N–H and O–H groups in total. The van der Waals surface area contributed by atoms with Crippen molar-refractivity contribution in [1.82, 2.24) is 4.90 Å². The number of para-hydroxylation sites is 1. The molecule has 0 aromatic heterocycles. The highest BCUT2D eigenvalue weighted by Crippen LogP contribution is 2.53. The number of hydrogen-bond acceptors (Lipinski definition) is 6. The van der Waals surface area contributed by atoms with E-state index < -0.39 is 28.9 Å². The maximum absolute atomic E-state index is 14.3. The van der Waals surface area contributed by atoms with Crippen LogP contribution in [0.5, 0.6) is 5.75 Å². The number of aryl methyl sites for hydroxylation is 1. The predicted molar refractivity (Wildman–Crippen MR) is 140 cm³/mol. The quantitative estimate of drug-likeness (QED) is 0.228. The molecular weight excluding hydrogens is 472 g/mol. The Balaban J connectivity index is 1.97. The number of rotatable bonds is 10. The number of ether oxygens (including phenoxy) is 2. The van der Waals surface area contributed by atoms with Crippen molar-refractivity contribution in [3.05, 3.63) is 77.4 Å². The van der Waals surface area contributed by atoms with Crippen molar-refractivity contribution in [1.29, 1.82) is 0 Å². The summed E-state index contributed by atoms with van der Waals surface area (Å²) >= 11 is 0. The monoisotopic (exact) mass is 504 g/mol. The summed E-state index contributed by atoms with van der Waals surface area (Å²) in [6, 6.07) is 12.1. The Morgan fingerprint density at radius 2 is 1.89 bits per heavy atom. The number of anilines is 1. The summed E-state index contributed by atoms with van der Waals surface area (Å²) in [4.78, 5) is 44.2. The fourth-order valence-corrected chi connectivity index (χ4v) is 5.14. The van der Waals surface area contributed by atoms with Gasteiger partial charge >= 0.3 is 0 Å². The molecule has 2 aromatic carbocycles. The fraction of sp³-hybridized carbons (Fsp3) is 0.345. The minimum atomic E-state index is -1.78. The number of hydrogen-bond donors (Lipinski definition) is 1. The first-order valence-electron chi connectivity index (χ1n) is 12.4. The van der Waals surface area contributed by atoms with Gasteiger partial charge in [0.05, 0.1) is 17.9 Å². The molecule has 8 nitrogen and oxygen atoms in total. The van der Waals surface area contributed by atoms with Crippen LogP contribution in [0, 0.1) is 6.92 Å². The molecule has 4 rings (SSSR count). The number of carbonyl (C=O) groups excluding carboxylic acids is 3. The number of Topliss-reactive ketones (excluding diaryl/α,β-unsaturated/α-hetero) is 1. The Morgan fingerprint density at radius 1 is 1.14 bits per heavy atom. The number of amides is 2. The van der Waals surface area contributed by atoms with Crippen molar-refractivity contribution < 1.29 is 29.0 Å². The van der Waals surface area contributed by atoms with Gasteiger partial charge in [0.25, 0.3) is 17.6 Å². The minimum absolute atomic E-state index is 0.00685. The lowest BCUT2D eigenvalue weighted by molar-refractivity contribution is -0.144. The molecule has 37 heavy (non-hydrogen) atoms. The van der Waals surface area contributed by atoms with Crippen LogP contribution in [0.15, 0.2) is 60.7 Å². The number of likely N-dealkylation sites (tertiary alicyclic amines) is 1. The van der Waals surface area contributed by atoms with Gasteiger partial charge in [-0.2, -0.15) is 0 Å².